The maximum Gasteiger partial charge on any atom is 0.124 e. The molecule has 3 heteroatoms. The van der Waals surface area contributed by atoms with Gasteiger partial charge in [-0.3, -0.25) is 0 Å². The molecule has 3 nitrogen and oxygen atoms in total. The fourth-order valence-electron chi connectivity index (χ4n) is 2.47. The van der Waals surface area contributed by atoms with Gasteiger partial charge in [-0.25, -0.2) is 0 Å². The van der Waals surface area contributed by atoms with E-state index >= 15 is 0 Å². The monoisotopic (exact) mass is 310 g/mol. The Hall–Kier alpha value is -2.52. The molecule has 0 bridgehead atoms. The Labute approximate surface area is 137 Å². The van der Waals surface area contributed by atoms with E-state index in [1.807, 2.05) is 48.5 Å². The van der Waals surface area contributed by atoms with Gasteiger partial charge in [0, 0.05) is 11.1 Å². The zero-order valence-corrected chi connectivity index (χ0v) is 13.6. The molecule has 0 aliphatic heterocycles. The van der Waals surface area contributed by atoms with Crippen molar-refractivity contribution in [2.45, 2.75) is 12.2 Å². The van der Waals surface area contributed by atoms with Crippen LogP contribution in [0.15, 0.2) is 73.8 Å². The average Bonchev–Trinajstić information content (AvgIpc) is 2.63. The zero-order valence-electron chi connectivity index (χ0n) is 13.6. The van der Waals surface area contributed by atoms with E-state index in [1.165, 1.54) is 0 Å². The molecule has 2 aromatic carbocycles. The third-order valence-electron chi connectivity index (χ3n) is 3.61. The molecule has 2 aromatic rings. The second kappa shape index (κ2) is 8.20. The Morgan fingerprint density at radius 1 is 0.739 bits per heavy atom. The fourth-order valence-corrected chi connectivity index (χ4v) is 2.47. The van der Waals surface area contributed by atoms with E-state index in [-0.39, 0.29) is 12.2 Å². The van der Waals surface area contributed by atoms with Crippen LogP contribution < -0.4 is 9.47 Å². The highest BCUT2D eigenvalue weighted by molar-refractivity contribution is 5.39. The molecule has 23 heavy (non-hydrogen) atoms. The van der Waals surface area contributed by atoms with Gasteiger partial charge in [-0.1, -0.05) is 48.6 Å². The molecule has 2 unspecified atom stereocenters. The van der Waals surface area contributed by atoms with Crippen molar-refractivity contribution in [1.82, 2.24) is 0 Å². The summed E-state index contributed by atoms with van der Waals surface area (Å²) in [4.78, 5) is 0. The maximum absolute atomic E-state index is 6.21. The number of methoxy groups -OCH3 is 2. The standard InChI is InChI=1S/C20H22O3/c1-5-17(15-11-7-9-13-19(15)21-3)23-18(6-2)16-12-8-10-14-20(16)22-4/h5-14,17-18H,1-2H2,3-4H3. The van der Waals surface area contributed by atoms with Crippen LogP contribution >= 0.6 is 0 Å². The third-order valence-corrected chi connectivity index (χ3v) is 3.61. The molecule has 0 aromatic heterocycles. The molecule has 0 saturated carbocycles. The van der Waals surface area contributed by atoms with Gasteiger partial charge in [0.25, 0.3) is 0 Å². The van der Waals surface area contributed by atoms with Crippen LogP contribution in [0, 0.1) is 0 Å². The van der Waals surface area contributed by atoms with Crippen LogP contribution in [0.3, 0.4) is 0 Å². The summed E-state index contributed by atoms with van der Waals surface area (Å²) in [5, 5.41) is 0. The smallest absolute Gasteiger partial charge is 0.124 e. The summed E-state index contributed by atoms with van der Waals surface area (Å²) < 4.78 is 17.0. The van der Waals surface area contributed by atoms with Crippen molar-refractivity contribution in [3.63, 3.8) is 0 Å². The normalized spacial score (nSPS) is 13.0. The molecule has 0 fully saturated rings. The molecule has 2 rings (SSSR count). The highest BCUT2D eigenvalue weighted by atomic mass is 16.5. The first kappa shape index (κ1) is 16.8. The lowest BCUT2D eigenvalue weighted by molar-refractivity contribution is 0.0377. The van der Waals surface area contributed by atoms with Crippen LogP contribution in [0.5, 0.6) is 11.5 Å². The molecule has 0 N–H and O–H groups in total. The number of hydrogen-bond acceptors (Lipinski definition) is 3. The highest BCUT2D eigenvalue weighted by Crippen LogP contribution is 2.35. The van der Waals surface area contributed by atoms with E-state index in [0.717, 1.165) is 22.6 Å². The van der Waals surface area contributed by atoms with E-state index in [9.17, 15) is 0 Å². The third kappa shape index (κ3) is 3.82. The summed E-state index contributed by atoms with van der Waals surface area (Å²) in [5.41, 5.74) is 1.85. The van der Waals surface area contributed by atoms with E-state index < -0.39 is 0 Å². The molecule has 0 amide bonds. The average molecular weight is 310 g/mol. The number of benzene rings is 2. The molecule has 120 valence electrons. The molecule has 0 aliphatic rings. The minimum absolute atomic E-state index is 0.320. The first-order chi connectivity index (χ1) is 11.2. The summed E-state index contributed by atoms with van der Waals surface area (Å²) in [6.45, 7) is 7.78. The molecule has 0 saturated heterocycles. The lowest BCUT2D eigenvalue weighted by Crippen LogP contribution is -2.09. The van der Waals surface area contributed by atoms with Crippen molar-refractivity contribution in [3.05, 3.63) is 85.0 Å². The van der Waals surface area contributed by atoms with Gasteiger partial charge in [0.15, 0.2) is 0 Å². The summed E-state index contributed by atoms with van der Waals surface area (Å²) in [7, 11) is 3.29. The summed E-state index contributed by atoms with van der Waals surface area (Å²) in [5.74, 6) is 1.53. The number of ether oxygens (including phenoxy) is 3. The number of hydrogen-bond donors (Lipinski definition) is 0. The van der Waals surface area contributed by atoms with Crippen LogP contribution in [0.2, 0.25) is 0 Å². The van der Waals surface area contributed by atoms with Crippen LogP contribution in [0.4, 0.5) is 0 Å². The van der Waals surface area contributed by atoms with Gasteiger partial charge in [-0.2, -0.15) is 0 Å². The van der Waals surface area contributed by atoms with E-state index in [1.54, 1.807) is 26.4 Å². The van der Waals surface area contributed by atoms with Crippen molar-refractivity contribution < 1.29 is 14.2 Å². The Morgan fingerprint density at radius 2 is 1.13 bits per heavy atom. The van der Waals surface area contributed by atoms with Gasteiger partial charge in [0.05, 0.1) is 14.2 Å². The summed E-state index contributed by atoms with van der Waals surface area (Å²) >= 11 is 0. The fraction of sp³-hybridized carbons (Fsp3) is 0.200. The number of rotatable bonds is 8. The Morgan fingerprint density at radius 3 is 1.48 bits per heavy atom. The molecule has 0 aliphatic carbocycles. The largest absolute Gasteiger partial charge is 0.496 e. The lowest BCUT2D eigenvalue weighted by atomic mass is 10.1. The summed E-state index contributed by atoms with van der Waals surface area (Å²) in [6, 6.07) is 15.5. The van der Waals surface area contributed by atoms with Gasteiger partial charge in [0.2, 0.25) is 0 Å². The van der Waals surface area contributed by atoms with Crippen LogP contribution in [-0.4, -0.2) is 14.2 Å². The molecule has 0 heterocycles. The maximum atomic E-state index is 6.21. The van der Waals surface area contributed by atoms with Crippen molar-refractivity contribution in [3.8, 4) is 11.5 Å². The molecule has 0 radical (unpaired) electrons. The van der Waals surface area contributed by atoms with Crippen molar-refractivity contribution >= 4 is 0 Å². The van der Waals surface area contributed by atoms with Gasteiger partial charge < -0.3 is 14.2 Å². The van der Waals surface area contributed by atoms with Crippen LogP contribution in [-0.2, 0) is 4.74 Å². The number of para-hydroxylation sites is 2. The highest BCUT2D eigenvalue weighted by Gasteiger charge is 2.20. The molecule has 2 atom stereocenters. The second-order valence-corrected chi connectivity index (χ2v) is 4.93. The van der Waals surface area contributed by atoms with E-state index in [2.05, 4.69) is 13.2 Å². The van der Waals surface area contributed by atoms with Gasteiger partial charge >= 0.3 is 0 Å². The second-order valence-electron chi connectivity index (χ2n) is 4.93. The van der Waals surface area contributed by atoms with Gasteiger partial charge in [-0.15, -0.1) is 13.2 Å². The quantitative estimate of drug-likeness (QED) is 0.651. The van der Waals surface area contributed by atoms with Crippen molar-refractivity contribution in [1.29, 1.82) is 0 Å². The van der Waals surface area contributed by atoms with Crippen LogP contribution in [0.1, 0.15) is 23.3 Å². The Bertz CT molecular complexity index is 606. The summed E-state index contributed by atoms with van der Waals surface area (Å²) in [6.07, 6.45) is 2.87. The predicted molar refractivity (Wildman–Crippen MR) is 92.9 cm³/mol. The first-order valence-corrected chi connectivity index (χ1v) is 7.41. The SMILES string of the molecule is C=CC(OC(C=C)c1ccccc1OC)c1ccccc1OC. The molecular weight excluding hydrogens is 288 g/mol. The van der Waals surface area contributed by atoms with Gasteiger partial charge in [-0.05, 0) is 12.1 Å². The molecule has 0 spiro atoms. The van der Waals surface area contributed by atoms with Gasteiger partial charge in [0.1, 0.15) is 23.7 Å². The Kier molecular flexibility index (Phi) is 6.01. The van der Waals surface area contributed by atoms with Crippen molar-refractivity contribution in [2.24, 2.45) is 0 Å². The minimum atomic E-state index is -0.320. The Balaban J connectivity index is 2.32. The van der Waals surface area contributed by atoms with E-state index in [4.69, 9.17) is 14.2 Å². The zero-order chi connectivity index (χ0) is 16.7. The lowest BCUT2D eigenvalue weighted by Gasteiger charge is -2.23. The topological polar surface area (TPSA) is 27.7 Å². The first-order valence-electron chi connectivity index (χ1n) is 7.41. The van der Waals surface area contributed by atoms with Crippen molar-refractivity contribution in [2.75, 3.05) is 14.2 Å². The van der Waals surface area contributed by atoms with E-state index in [0.29, 0.717) is 0 Å². The van der Waals surface area contributed by atoms with Crippen LogP contribution in [0.25, 0.3) is 0 Å². The molecular formula is C20H22O3. The minimum Gasteiger partial charge on any atom is -0.496 e. The predicted octanol–water partition coefficient (Wildman–Crippen LogP) is 4.87.